The van der Waals surface area contributed by atoms with E-state index in [0.717, 1.165) is 12.8 Å². The van der Waals surface area contributed by atoms with E-state index in [4.69, 9.17) is 21.1 Å². The zero-order valence-corrected chi connectivity index (χ0v) is 21.2. The smallest absolute Gasteiger partial charge is 0.410 e. The lowest BCUT2D eigenvalue weighted by molar-refractivity contribution is -0.00698. The molecular weight excluding hydrogens is 463 g/mol. The Morgan fingerprint density at radius 3 is 2.65 bits per heavy atom. The average Bonchev–Trinajstić information content (AvgIpc) is 3.05. The number of ether oxygens (including phenoxy) is 2. The normalized spacial score (nSPS) is 23.3. The van der Waals surface area contributed by atoms with Gasteiger partial charge in [0.1, 0.15) is 17.1 Å². The van der Waals surface area contributed by atoms with E-state index in [2.05, 4.69) is 15.3 Å². The van der Waals surface area contributed by atoms with Crippen molar-refractivity contribution in [1.82, 2.24) is 20.2 Å². The van der Waals surface area contributed by atoms with Crippen LogP contribution in [0, 0.1) is 19.7 Å². The van der Waals surface area contributed by atoms with Gasteiger partial charge in [0.15, 0.2) is 11.0 Å². The summed E-state index contributed by atoms with van der Waals surface area (Å²) in [5, 5.41) is 3.31. The van der Waals surface area contributed by atoms with Gasteiger partial charge in [0, 0.05) is 23.7 Å². The highest BCUT2D eigenvalue weighted by Gasteiger charge is 2.49. The molecule has 34 heavy (non-hydrogen) atoms. The van der Waals surface area contributed by atoms with Crippen LogP contribution in [0.15, 0.2) is 4.79 Å². The van der Waals surface area contributed by atoms with Crippen LogP contribution in [0.4, 0.5) is 9.18 Å². The molecule has 8 nitrogen and oxygen atoms in total. The van der Waals surface area contributed by atoms with Crippen LogP contribution in [0.5, 0.6) is 5.88 Å². The van der Waals surface area contributed by atoms with Crippen molar-refractivity contribution in [1.29, 1.82) is 0 Å². The van der Waals surface area contributed by atoms with Crippen molar-refractivity contribution >= 4 is 28.5 Å². The van der Waals surface area contributed by atoms with Gasteiger partial charge in [-0.2, -0.15) is 4.98 Å². The fourth-order valence-electron chi connectivity index (χ4n) is 5.08. The second-order valence-electron chi connectivity index (χ2n) is 10.2. The van der Waals surface area contributed by atoms with Crippen molar-refractivity contribution in [3.63, 3.8) is 0 Å². The fraction of sp³-hybridized carbons (Fsp3) is 0.625. The van der Waals surface area contributed by atoms with Gasteiger partial charge in [-0.15, -0.1) is 0 Å². The summed E-state index contributed by atoms with van der Waals surface area (Å²) in [6.45, 7) is 11.5. The number of nitrogens with zero attached hydrogens (tertiary/aromatic N) is 2. The summed E-state index contributed by atoms with van der Waals surface area (Å²) in [5.41, 5.74) is 0.0387. The van der Waals surface area contributed by atoms with Gasteiger partial charge in [0.25, 0.3) is 5.56 Å². The molecular formula is C24H32ClFN4O4. The Kier molecular flexibility index (Phi) is 6.54. The quantitative estimate of drug-likeness (QED) is 0.617. The van der Waals surface area contributed by atoms with E-state index < -0.39 is 23.1 Å². The highest BCUT2D eigenvalue weighted by Crippen LogP contribution is 2.36. The molecule has 4 atom stereocenters. The molecule has 2 aliphatic rings. The molecule has 1 unspecified atom stereocenters. The van der Waals surface area contributed by atoms with Crippen LogP contribution in [0.25, 0.3) is 10.8 Å². The van der Waals surface area contributed by atoms with Crippen molar-refractivity contribution in [3.8, 4) is 5.88 Å². The third-order valence-corrected chi connectivity index (χ3v) is 7.00. The number of pyridine rings is 2. The van der Waals surface area contributed by atoms with E-state index in [-0.39, 0.29) is 46.0 Å². The second kappa shape index (κ2) is 9.00. The van der Waals surface area contributed by atoms with E-state index in [1.54, 1.807) is 13.8 Å². The van der Waals surface area contributed by atoms with Crippen LogP contribution in [-0.2, 0) is 4.74 Å². The Morgan fingerprint density at radius 1 is 1.29 bits per heavy atom. The predicted molar refractivity (Wildman–Crippen MR) is 128 cm³/mol. The van der Waals surface area contributed by atoms with E-state index in [1.807, 2.05) is 32.6 Å². The number of carbonyl (C=O) groups excluding carboxylic acids is 1. The van der Waals surface area contributed by atoms with Crippen LogP contribution in [0.1, 0.15) is 58.2 Å². The first kappa shape index (κ1) is 24.7. The third-order valence-electron chi connectivity index (χ3n) is 6.75. The molecule has 4 heterocycles. The number of hydrogen-bond donors (Lipinski definition) is 2. The van der Waals surface area contributed by atoms with Crippen LogP contribution < -0.4 is 15.6 Å². The molecule has 2 aromatic rings. The highest BCUT2D eigenvalue weighted by atomic mass is 35.5. The zero-order valence-electron chi connectivity index (χ0n) is 20.4. The maximum absolute atomic E-state index is 14.9. The van der Waals surface area contributed by atoms with Crippen molar-refractivity contribution in [2.45, 2.75) is 90.6 Å². The molecule has 186 valence electrons. The lowest BCUT2D eigenvalue weighted by Crippen LogP contribution is -2.64. The second-order valence-corrected chi connectivity index (χ2v) is 10.5. The standard InChI is InChI=1S/C24H32ClFN4O4/c1-7-15(19-14-9-8-13(10-27-19)30(14)23(32)34-24(4,5)6)33-22-17-16(18(26)20(25)29-22)11(2)12(3)28-21(17)31/h13-15,19,27H,7-10H2,1-6H3,(H,28,31)/t13-,14+,15?,19+/m1/s1. The summed E-state index contributed by atoms with van der Waals surface area (Å²) in [6.07, 6.45) is 1.47. The van der Waals surface area contributed by atoms with Gasteiger partial charge in [-0.25, -0.2) is 9.18 Å². The molecule has 0 aliphatic carbocycles. The van der Waals surface area contributed by atoms with E-state index in [9.17, 15) is 14.0 Å². The van der Waals surface area contributed by atoms with Crippen LogP contribution in [0.2, 0.25) is 5.15 Å². The number of aromatic amines is 1. The number of fused-ring (bicyclic) bond motifs is 3. The number of aromatic nitrogens is 2. The van der Waals surface area contributed by atoms with Crippen molar-refractivity contribution in [2.75, 3.05) is 6.54 Å². The molecule has 2 aromatic heterocycles. The van der Waals surface area contributed by atoms with Crippen LogP contribution in [-0.4, -0.2) is 57.3 Å². The molecule has 0 spiro atoms. The van der Waals surface area contributed by atoms with E-state index in [0.29, 0.717) is 24.2 Å². The van der Waals surface area contributed by atoms with E-state index in [1.165, 1.54) is 0 Å². The molecule has 2 bridgehead atoms. The first-order chi connectivity index (χ1) is 15.9. The number of piperazine rings is 1. The summed E-state index contributed by atoms with van der Waals surface area (Å²) in [4.78, 5) is 34.4. The first-order valence-electron chi connectivity index (χ1n) is 11.7. The molecule has 2 N–H and O–H groups in total. The molecule has 0 radical (unpaired) electrons. The van der Waals surface area contributed by atoms with Crippen molar-refractivity contribution in [2.24, 2.45) is 0 Å². The summed E-state index contributed by atoms with van der Waals surface area (Å²) in [5.74, 6) is -0.752. The van der Waals surface area contributed by atoms with Gasteiger partial charge in [0.05, 0.1) is 12.1 Å². The SMILES string of the molecule is CCC(Oc1nc(Cl)c(F)c2c(C)c(C)[nH]c(=O)c12)[C@H]1NC[C@H]2CC[C@@H]1N2C(=O)OC(C)(C)C. The highest BCUT2D eigenvalue weighted by molar-refractivity contribution is 6.30. The minimum Gasteiger partial charge on any atom is -0.472 e. The predicted octanol–water partition coefficient (Wildman–Crippen LogP) is 4.23. The summed E-state index contributed by atoms with van der Waals surface area (Å²) < 4.78 is 26.8. The minimum atomic E-state index is -0.741. The number of hydrogen-bond acceptors (Lipinski definition) is 6. The van der Waals surface area contributed by atoms with Gasteiger partial charge < -0.3 is 19.8 Å². The largest absolute Gasteiger partial charge is 0.472 e. The average molecular weight is 495 g/mol. The number of carbonyl (C=O) groups is 1. The number of aryl methyl sites for hydroxylation is 2. The Morgan fingerprint density at radius 2 is 2.00 bits per heavy atom. The van der Waals surface area contributed by atoms with Crippen LogP contribution >= 0.6 is 11.6 Å². The Labute approximate surface area is 203 Å². The summed E-state index contributed by atoms with van der Waals surface area (Å²) in [7, 11) is 0. The van der Waals surface area contributed by atoms with Gasteiger partial charge in [-0.1, -0.05) is 18.5 Å². The van der Waals surface area contributed by atoms with Gasteiger partial charge in [-0.3, -0.25) is 9.69 Å². The number of rotatable bonds is 4. The summed E-state index contributed by atoms with van der Waals surface area (Å²) in [6, 6.07) is -0.299. The molecule has 4 rings (SSSR count). The molecule has 0 saturated carbocycles. The Hall–Kier alpha value is -2.39. The third kappa shape index (κ3) is 4.35. The van der Waals surface area contributed by atoms with Crippen molar-refractivity contribution in [3.05, 3.63) is 32.6 Å². The van der Waals surface area contributed by atoms with Crippen molar-refractivity contribution < 1.29 is 18.7 Å². The Bertz CT molecular complexity index is 1170. The van der Waals surface area contributed by atoms with Gasteiger partial charge >= 0.3 is 6.09 Å². The first-order valence-corrected chi connectivity index (χ1v) is 12.1. The maximum Gasteiger partial charge on any atom is 0.410 e. The molecule has 2 fully saturated rings. The van der Waals surface area contributed by atoms with Crippen LogP contribution in [0.3, 0.4) is 0 Å². The summed E-state index contributed by atoms with van der Waals surface area (Å²) >= 11 is 6.11. The molecule has 1 amide bonds. The molecule has 0 aromatic carbocycles. The maximum atomic E-state index is 14.9. The monoisotopic (exact) mass is 494 g/mol. The van der Waals surface area contributed by atoms with E-state index >= 15 is 0 Å². The number of halogens is 2. The lowest BCUT2D eigenvalue weighted by atomic mass is 9.97. The van der Waals surface area contributed by atoms with Gasteiger partial charge in [0.2, 0.25) is 5.88 Å². The molecule has 2 saturated heterocycles. The fourth-order valence-corrected chi connectivity index (χ4v) is 5.25. The minimum absolute atomic E-state index is 0.0108. The number of nitrogens with one attached hydrogen (secondary N) is 2. The topological polar surface area (TPSA) is 96.5 Å². The lowest BCUT2D eigenvalue weighted by Gasteiger charge is -2.43. The van der Waals surface area contributed by atoms with Gasteiger partial charge in [-0.05, 0) is 59.4 Å². The number of H-pyrrole nitrogens is 1. The zero-order chi connectivity index (χ0) is 24.9. The molecule has 2 aliphatic heterocycles. The number of amides is 1. The molecule has 10 heteroatoms. The Balaban J connectivity index is 1.69.